The normalized spacial score (nSPS) is 10.1. The van der Waals surface area contributed by atoms with Crippen LogP contribution in [0.4, 0.5) is 5.69 Å². The van der Waals surface area contributed by atoms with Crippen LogP contribution in [0.2, 0.25) is 5.02 Å². The van der Waals surface area contributed by atoms with E-state index in [0.29, 0.717) is 5.56 Å². The molecular weight excluding hydrogens is 306 g/mol. The lowest BCUT2D eigenvalue weighted by Crippen LogP contribution is -2.13. The summed E-state index contributed by atoms with van der Waals surface area (Å²) in [5.74, 6) is -1.38. The van der Waals surface area contributed by atoms with Crippen LogP contribution in [0.1, 0.15) is 26.3 Å². The third kappa shape index (κ3) is 3.38. The van der Waals surface area contributed by atoms with E-state index in [-0.39, 0.29) is 27.9 Å². The molecule has 0 aromatic heterocycles. The largest absolute Gasteiger partial charge is 0.496 e. The van der Waals surface area contributed by atoms with Gasteiger partial charge in [-0.1, -0.05) is 29.3 Å². The monoisotopic (exact) mass is 319 g/mol. The van der Waals surface area contributed by atoms with Gasteiger partial charge in [0.2, 0.25) is 0 Å². The van der Waals surface area contributed by atoms with Crippen molar-refractivity contribution in [2.75, 3.05) is 12.4 Å². The molecule has 0 aliphatic carbocycles. The van der Waals surface area contributed by atoms with Crippen molar-refractivity contribution >= 4 is 29.2 Å². The third-order valence-corrected chi connectivity index (χ3v) is 3.39. The second-order valence-electron chi connectivity index (χ2n) is 4.66. The van der Waals surface area contributed by atoms with Crippen molar-refractivity contribution < 1.29 is 19.4 Å². The molecule has 0 fully saturated rings. The summed E-state index contributed by atoms with van der Waals surface area (Å²) in [5.41, 5.74) is 1.74. The topological polar surface area (TPSA) is 75.6 Å². The van der Waals surface area contributed by atoms with Gasteiger partial charge in [0.05, 0.1) is 17.8 Å². The Bertz CT molecular complexity index is 726. The van der Waals surface area contributed by atoms with Crippen molar-refractivity contribution in [3.05, 3.63) is 58.1 Å². The van der Waals surface area contributed by atoms with Crippen molar-refractivity contribution in [2.24, 2.45) is 0 Å². The van der Waals surface area contributed by atoms with E-state index in [1.165, 1.54) is 19.2 Å². The molecule has 0 unspecified atom stereocenters. The van der Waals surface area contributed by atoms with Crippen LogP contribution in [-0.2, 0) is 0 Å². The molecule has 0 bridgehead atoms. The first-order valence-electron chi connectivity index (χ1n) is 6.41. The van der Waals surface area contributed by atoms with Crippen LogP contribution in [-0.4, -0.2) is 24.1 Å². The number of carbonyl (C=O) groups is 2. The molecule has 0 saturated carbocycles. The summed E-state index contributed by atoms with van der Waals surface area (Å²) < 4.78 is 5.01. The van der Waals surface area contributed by atoms with E-state index in [1.807, 2.05) is 19.1 Å². The van der Waals surface area contributed by atoms with Gasteiger partial charge in [0.1, 0.15) is 11.3 Å². The highest BCUT2D eigenvalue weighted by molar-refractivity contribution is 6.34. The zero-order valence-electron chi connectivity index (χ0n) is 12.0. The number of hydrogen-bond donors (Lipinski definition) is 2. The van der Waals surface area contributed by atoms with Gasteiger partial charge in [-0.25, -0.2) is 4.79 Å². The van der Waals surface area contributed by atoms with Crippen molar-refractivity contribution in [3.63, 3.8) is 0 Å². The summed E-state index contributed by atoms with van der Waals surface area (Å²) in [6.45, 7) is 1.92. The van der Waals surface area contributed by atoms with Gasteiger partial charge in [-0.3, -0.25) is 4.79 Å². The smallest absolute Gasteiger partial charge is 0.339 e. The van der Waals surface area contributed by atoms with Crippen molar-refractivity contribution in [1.29, 1.82) is 0 Å². The SMILES string of the molecule is COc1cc(NC(=O)c2ccc(C)cc2)c(Cl)cc1C(=O)O. The summed E-state index contributed by atoms with van der Waals surface area (Å²) in [6.07, 6.45) is 0. The molecule has 0 atom stereocenters. The molecule has 0 aliphatic rings. The number of halogens is 1. The third-order valence-electron chi connectivity index (χ3n) is 3.08. The van der Waals surface area contributed by atoms with Crippen molar-refractivity contribution in [2.45, 2.75) is 6.92 Å². The first kappa shape index (κ1) is 15.9. The Morgan fingerprint density at radius 3 is 2.36 bits per heavy atom. The lowest BCUT2D eigenvalue weighted by molar-refractivity contribution is 0.0693. The molecule has 0 aliphatic heterocycles. The number of benzene rings is 2. The molecule has 0 heterocycles. The number of carbonyl (C=O) groups excluding carboxylic acids is 1. The van der Waals surface area contributed by atoms with Crippen LogP contribution in [0.25, 0.3) is 0 Å². The van der Waals surface area contributed by atoms with Gasteiger partial charge in [0, 0.05) is 11.6 Å². The minimum Gasteiger partial charge on any atom is -0.496 e. The Labute approximate surface area is 132 Å². The summed E-state index contributed by atoms with van der Waals surface area (Å²) >= 11 is 6.03. The minimum absolute atomic E-state index is 0.0687. The highest BCUT2D eigenvalue weighted by atomic mass is 35.5. The zero-order valence-corrected chi connectivity index (χ0v) is 12.8. The first-order valence-corrected chi connectivity index (χ1v) is 6.79. The van der Waals surface area contributed by atoms with Crippen LogP contribution in [0.15, 0.2) is 36.4 Å². The Morgan fingerprint density at radius 1 is 1.18 bits per heavy atom. The molecule has 5 nitrogen and oxygen atoms in total. The fraction of sp³-hybridized carbons (Fsp3) is 0.125. The Balaban J connectivity index is 2.31. The van der Waals surface area contributed by atoms with Crippen molar-refractivity contribution in [1.82, 2.24) is 0 Å². The molecule has 6 heteroatoms. The lowest BCUT2D eigenvalue weighted by Gasteiger charge is -2.11. The van der Waals surface area contributed by atoms with E-state index in [4.69, 9.17) is 21.4 Å². The predicted molar refractivity (Wildman–Crippen MR) is 84.1 cm³/mol. The standard InChI is InChI=1S/C16H14ClNO4/c1-9-3-5-10(6-4-9)15(19)18-13-8-14(22-2)11(16(20)21)7-12(13)17/h3-8H,1-2H3,(H,18,19)(H,20,21). The zero-order chi connectivity index (χ0) is 16.3. The number of methoxy groups -OCH3 is 1. The fourth-order valence-electron chi connectivity index (χ4n) is 1.88. The van der Waals surface area contributed by atoms with E-state index < -0.39 is 5.97 Å². The Hall–Kier alpha value is -2.53. The highest BCUT2D eigenvalue weighted by Crippen LogP contribution is 2.31. The second kappa shape index (κ2) is 6.49. The average Bonchev–Trinajstić information content (AvgIpc) is 2.49. The lowest BCUT2D eigenvalue weighted by atomic mass is 10.1. The molecule has 0 spiro atoms. The van der Waals surface area contributed by atoms with E-state index in [1.54, 1.807) is 12.1 Å². The second-order valence-corrected chi connectivity index (χ2v) is 5.06. The van der Waals surface area contributed by atoms with Crippen LogP contribution < -0.4 is 10.1 Å². The Morgan fingerprint density at radius 2 is 1.82 bits per heavy atom. The van der Waals surface area contributed by atoms with E-state index in [9.17, 15) is 9.59 Å². The molecule has 0 saturated heterocycles. The van der Waals surface area contributed by atoms with Crippen LogP contribution in [0.3, 0.4) is 0 Å². The summed E-state index contributed by atoms with van der Waals surface area (Å²) in [7, 11) is 1.35. The van der Waals surface area contributed by atoms with Crippen LogP contribution in [0.5, 0.6) is 5.75 Å². The number of amides is 1. The van der Waals surface area contributed by atoms with Gasteiger partial charge >= 0.3 is 5.97 Å². The fourth-order valence-corrected chi connectivity index (χ4v) is 2.10. The Kier molecular flexibility index (Phi) is 4.68. The number of rotatable bonds is 4. The van der Waals surface area contributed by atoms with Gasteiger partial charge in [-0.15, -0.1) is 0 Å². The number of carboxylic acid groups (broad SMARTS) is 1. The summed E-state index contributed by atoms with van der Waals surface area (Å²) in [6, 6.07) is 9.67. The molecule has 114 valence electrons. The summed E-state index contributed by atoms with van der Waals surface area (Å²) in [4.78, 5) is 23.3. The number of ether oxygens (including phenoxy) is 1. The molecular formula is C16H14ClNO4. The number of aryl methyl sites for hydroxylation is 1. The molecule has 0 radical (unpaired) electrons. The van der Waals surface area contributed by atoms with Crippen LogP contribution >= 0.6 is 11.6 Å². The number of nitrogens with one attached hydrogen (secondary N) is 1. The van der Waals surface area contributed by atoms with E-state index in [0.717, 1.165) is 5.56 Å². The predicted octanol–water partition coefficient (Wildman–Crippen LogP) is 3.61. The molecule has 2 N–H and O–H groups in total. The molecule has 2 aromatic carbocycles. The average molecular weight is 320 g/mol. The number of carboxylic acids is 1. The molecule has 1 amide bonds. The van der Waals surface area contributed by atoms with Gasteiger partial charge < -0.3 is 15.2 Å². The van der Waals surface area contributed by atoms with Crippen molar-refractivity contribution in [3.8, 4) is 5.75 Å². The maximum atomic E-state index is 12.2. The molecule has 22 heavy (non-hydrogen) atoms. The van der Waals surface area contributed by atoms with Gasteiger partial charge in [0.15, 0.2) is 0 Å². The first-order chi connectivity index (χ1) is 10.4. The maximum absolute atomic E-state index is 12.2. The number of aromatic carboxylic acids is 1. The van der Waals surface area contributed by atoms with Gasteiger partial charge in [0.25, 0.3) is 5.91 Å². The number of anilines is 1. The quantitative estimate of drug-likeness (QED) is 0.902. The number of hydrogen-bond acceptors (Lipinski definition) is 3. The van der Waals surface area contributed by atoms with Gasteiger partial charge in [-0.2, -0.15) is 0 Å². The molecule has 2 rings (SSSR count). The molecule has 2 aromatic rings. The summed E-state index contributed by atoms with van der Waals surface area (Å²) in [5, 5.41) is 11.8. The van der Waals surface area contributed by atoms with Crippen LogP contribution in [0, 0.1) is 6.92 Å². The highest BCUT2D eigenvalue weighted by Gasteiger charge is 2.16. The van der Waals surface area contributed by atoms with E-state index >= 15 is 0 Å². The van der Waals surface area contributed by atoms with Gasteiger partial charge in [-0.05, 0) is 25.1 Å². The maximum Gasteiger partial charge on any atom is 0.339 e. The minimum atomic E-state index is -1.16. The van der Waals surface area contributed by atoms with E-state index in [2.05, 4.69) is 5.32 Å².